The quantitative estimate of drug-likeness (QED) is 0.790. The second-order valence-corrected chi connectivity index (χ2v) is 6.79. The van der Waals surface area contributed by atoms with Crippen molar-refractivity contribution in [3.63, 3.8) is 0 Å². The number of amides is 1. The molecule has 0 aromatic heterocycles. The van der Waals surface area contributed by atoms with Gasteiger partial charge in [-0.25, -0.2) is 4.39 Å². The van der Waals surface area contributed by atoms with Gasteiger partial charge in [-0.05, 0) is 42.3 Å². The van der Waals surface area contributed by atoms with Crippen LogP contribution in [0.2, 0.25) is 0 Å². The number of carbonyl (C=O) groups excluding carboxylic acids is 1. The van der Waals surface area contributed by atoms with Crippen molar-refractivity contribution in [2.24, 2.45) is 0 Å². The summed E-state index contributed by atoms with van der Waals surface area (Å²) in [5.41, 5.74) is 2.17. The monoisotopic (exact) mass is 390 g/mol. The van der Waals surface area contributed by atoms with E-state index in [1.807, 2.05) is 29.2 Å². The molecular formula is C19H20BrFN2O. The van der Waals surface area contributed by atoms with E-state index in [0.29, 0.717) is 19.5 Å². The summed E-state index contributed by atoms with van der Waals surface area (Å²) in [7, 11) is 0. The zero-order valence-corrected chi connectivity index (χ0v) is 15.0. The van der Waals surface area contributed by atoms with Gasteiger partial charge in [-0.3, -0.25) is 4.79 Å². The Bertz CT molecular complexity index is 697. The van der Waals surface area contributed by atoms with E-state index in [4.69, 9.17) is 0 Å². The highest BCUT2D eigenvalue weighted by atomic mass is 79.9. The summed E-state index contributed by atoms with van der Waals surface area (Å²) in [5.74, 6) is -0.0239. The maximum Gasteiger partial charge on any atom is 0.223 e. The average molecular weight is 391 g/mol. The van der Waals surface area contributed by atoms with Crippen LogP contribution in [-0.4, -0.2) is 37.0 Å². The van der Waals surface area contributed by atoms with E-state index in [-0.39, 0.29) is 11.7 Å². The first kappa shape index (κ1) is 17.0. The van der Waals surface area contributed by atoms with Crippen LogP contribution in [0.5, 0.6) is 0 Å². The largest absolute Gasteiger partial charge is 0.368 e. The van der Waals surface area contributed by atoms with E-state index in [1.54, 1.807) is 12.1 Å². The van der Waals surface area contributed by atoms with Crippen molar-refractivity contribution in [1.29, 1.82) is 0 Å². The van der Waals surface area contributed by atoms with Gasteiger partial charge < -0.3 is 9.80 Å². The summed E-state index contributed by atoms with van der Waals surface area (Å²) in [6.07, 6.45) is 1.28. The third kappa shape index (κ3) is 4.15. The van der Waals surface area contributed by atoms with Gasteiger partial charge in [0.15, 0.2) is 0 Å². The molecule has 24 heavy (non-hydrogen) atoms. The molecule has 3 nitrogen and oxygen atoms in total. The summed E-state index contributed by atoms with van der Waals surface area (Å²) in [4.78, 5) is 16.5. The third-order valence-electron chi connectivity index (χ3n) is 4.39. The first-order chi connectivity index (χ1) is 11.6. The SMILES string of the molecule is O=C(CCc1ccccc1Br)N1CCN(c2ccc(F)cc2)CC1. The molecule has 0 aliphatic carbocycles. The van der Waals surface area contributed by atoms with Crippen LogP contribution in [0.4, 0.5) is 10.1 Å². The van der Waals surface area contributed by atoms with Gasteiger partial charge in [0.1, 0.15) is 5.82 Å². The number of piperazine rings is 1. The minimum absolute atomic E-state index is 0.199. The van der Waals surface area contributed by atoms with Gasteiger partial charge in [-0.1, -0.05) is 34.1 Å². The van der Waals surface area contributed by atoms with Crippen molar-refractivity contribution >= 4 is 27.5 Å². The van der Waals surface area contributed by atoms with Crippen LogP contribution < -0.4 is 4.90 Å². The third-order valence-corrected chi connectivity index (χ3v) is 5.16. The van der Waals surface area contributed by atoms with Gasteiger partial charge in [-0.15, -0.1) is 0 Å². The molecule has 0 bridgehead atoms. The van der Waals surface area contributed by atoms with E-state index in [1.165, 1.54) is 12.1 Å². The van der Waals surface area contributed by atoms with Crippen LogP contribution >= 0.6 is 15.9 Å². The zero-order chi connectivity index (χ0) is 16.9. The van der Waals surface area contributed by atoms with Crippen LogP contribution in [0.15, 0.2) is 53.0 Å². The van der Waals surface area contributed by atoms with Crippen LogP contribution in [-0.2, 0) is 11.2 Å². The lowest BCUT2D eigenvalue weighted by Gasteiger charge is -2.36. The molecule has 3 rings (SSSR count). The van der Waals surface area contributed by atoms with Crippen molar-refractivity contribution in [2.75, 3.05) is 31.1 Å². The molecular weight excluding hydrogens is 371 g/mol. The Balaban J connectivity index is 1.50. The molecule has 1 amide bonds. The van der Waals surface area contributed by atoms with Crippen LogP contribution in [0.1, 0.15) is 12.0 Å². The topological polar surface area (TPSA) is 23.6 Å². The maximum absolute atomic E-state index is 13.0. The molecule has 0 spiro atoms. The summed E-state index contributed by atoms with van der Waals surface area (Å²) in [6, 6.07) is 14.6. The Labute approximate surface area is 150 Å². The number of rotatable bonds is 4. The van der Waals surface area contributed by atoms with Gasteiger partial charge in [0, 0.05) is 42.8 Å². The number of benzene rings is 2. The Morgan fingerprint density at radius 2 is 1.67 bits per heavy atom. The van der Waals surface area contributed by atoms with E-state index < -0.39 is 0 Å². The summed E-state index contributed by atoms with van der Waals surface area (Å²) >= 11 is 3.52. The first-order valence-electron chi connectivity index (χ1n) is 8.15. The number of halogens is 2. The second kappa shape index (κ2) is 7.79. The number of nitrogens with zero attached hydrogens (tertiary/aromatic N) is 2. The molecule has 0 atom stereocenters. The molecule has 0 radical (unpaired) electrons. The molecule has 1 aliphatic heterocycles. The van der Waals surface area contributed by atoms with E-state index >= 15 is 0 Å². The highest BCUT2D eigenvalue weighted by Gasteiger charge is 2.21. The highest BCUT2D eigenvalue weighted by Crippen LogP contribution is 2.19. The van der Waals surface area contributed by atoms with Crippen LogP contribution in [0, 0.1) is 5.82 Å². The summed E-state index contributed by atoms with van der Waals surface area (Å²) in [5, 5.41) is 0. The van der Waals surface area contributed by atoms with E-state index in [9.17, 15) is 9.18 Å². The molecule has 0 unspecified atom stereocenters. The number of carbonyl (C=O) groups is 1. The maximum atomic E-state index is 13.0. The molecule has 126 valence electrons. The predicted octanol–water partition coefficient (Wildman–Crippen LogP) is 3.87. The lowest BCUT2D eigenvalue weighted by Crippen LogP contribution is -2.48. The minimum Gasteiger partial charge on any atom is -0.368 e. The first-order valence-corrected chi connectivity index (χ1v) is 8.94. The Morgan fingerprint density at radius 1 is 1.00 bits per heavy atom. The summed E-state index contributed by atoms with van der Waals surface area (Å²) < 4.78 is 14.1. The van der Waals surface area contributed by atoms with Gasteiger partial charge in [-0.2, -0.15) is 0 Å². The fourth-order valence-corrected chi connectivity index (χ4v) is 3.45. The molecule has 2 aromatic carbocycles. The normalized spacial score (nSPS) is 14.8. The summed E-state index contributed by atoms with van der Waals surface area (Å²) in [6.45, 7) is 3.00. The number of hydrogen-bond acceptors (Lipinski definition) is 2. The minimum atomic E-state index is -0.223. The van der Waals surface area contributed by atoms with Crippen molar-refractivity contribution in [1.82, 2.24) is 4.90 Å². The molecule has 1 aliphatic rings. The van der Waals surface area contributed by atoms with Gasteiger partial charge in [0.05, 0.1) is 0 Å². The smallest absolute Gasteiger partial charge is 0.223 e. The Kier molecular flexibility index (Phi) is 5.51. The number of anilines is 1. The zero-order valence-electron chi connectivity index (χ0n) is 13.4. The average Bonchev–Trinajstić information content (AvgIpc) is 2.62. The molecule has 1 fully saturated rings. The molecule has 1 heterocycles. The van der Waals surface area contributed by atoms with E-state index in [0.717, 1.165) is 35.2 Å². The lowest BCUT2D eigenvalue weighted by atomic mass is 10.1. The number of hydrogen-bond donors (Lipinski definition) is 0. The van der Waals surface area contributed by atoms with Crippen molar-refractivity contribution in [3.05, 3.63) is 64.4 Å². The van der Waals surface area contributed by atoms with E-state index in [2.05, 4.69) is 20.8 Å². The fourth-order valence-electron chi connectivity index (χ4n) is 2.97. The standard InChI is InChI=1S/C19H20BrFN2O/c20-18-4-2-1-3-15(18)5-10-19(24)23-13-11-22(12-14-23)17-8-6-16(21)7-9-17/h1-4,6-9H,5,10-14H2. The highest BCUT2D eigenvalue weighted by molar-refractivity contribution is 9.10. The lowest BCUT2D eigenvalue weighted by molar-refractivity contribution is -0.131. The fraction of sp³-hybridized carbons (Fsp3) is 0.316. The van der Waals surface area contributed by atoms with Crippen LogP contribution in [0.3, 0.4) is 0 Å². The second-order valence-electron chi connectivity index (χ2n) is 5.94. The Morgan fingerprint density at radius 3 is 2.33 bits per heavy atom. The number of aryl methyl sites for hydroxylation is 1. The molecule has 2 aromatic rings. The van der Waals surface area contributed by atoms with Gasteiger partial charge >= 0.3 is 0 Å². The van der Waals surface area contributed by atoms with Gasteiger partial charge in [0.2, 0.25) is 5.91 Å². The predicted molar refractivity (Wildman–Crippen MR) is 97.7 cm³/mol. The van der Waals surface area contributed by atoms with Gasteiger partial charge in [0.25, 0.3) is 0 Å². The molecule has 5 heteroatoms. The Hall–Kier alpha value is -1.88. The van der Waals surface area contributed by atoms with Crippen molar-refractivity contribution in [3.8, 4) is 0 Å². The molecule has 1 saturated heterocycles. The molecule has 0 saturated carbocycles. The van der Waals surface area contributed by atoms with Crippen molar-refractivity contribution in [2.45, 2.75) is 12.8 Å². The molecule has 0 N–H and O–H groups in total. The van der Waals surface area contributed by atoms with Crippen LogP contribution in [0.25, 0.3) is 0 Å². The van der Waals surface area contributed by atoms with Crippen molar-refractivity contribution < 1.29 is 9.18 Å².